The number of aliphatic hydroxyl groups is 1. The lowest BCUT2D eigenvalue weighted by Gasteiger charge is -2.27. The molecule has 0 aliphatic heterocycles. The molecule has 0 saturated carbocycles. The van der Waals surface area contributed by atoms with Crippen LogP contribution in [0.4, 0.5) is 17.6 Å². The second-order valence-corrected chi connectivity index (χ2v) is 9.44. The Balaban J connectivity index is 2.36. The van der Waals surface area contributed by atoms with Crippen LogP contribution in [-0.2, 0) is 16.3 Å². The van der Waals surface area contributed by atoms with Gasteiger partial charge in [0.2, 0.25) is 0 Å². The van der Waals surface area contributed by atoms with Crippen molar-refractivity contribution >= 4 is 27.3 Å². The Labute approximate surface area is 182 Å². The van der Waals surface area contributed by atoms with Crippen LogP contribution in [0, 0.1) is 5.82 Å². The Kier molecular flexibility index (Phi) is 8.07. The van der Waals surface area contributed by atoms with Crippen LogP contribution in [0.1, 0.15) is 22.8 Å². The van der Waals surface area contributed by atoms with Crippen molar-refractivity contribution in [3.8, 4) is 0 Å². The van der Waals surface area contributed by atoms with E-state index in [1.807, 2.05) is 0 Å². The highest BCUT2D eigenvalue weighted by Gasteiger charge is 2.40. The van der Waals surface area contributed by atoms with Crippen LogP contribution in [0.25, 0.3) is 0 Å². The largest absolute Gasteiger partial charge is 0.416 e. The molecule has 0 fully saturated rings. The van der Waals surface area contributed by atoms with Gasteiger partial charge in [0.25, 0.3) is 5.91 Å². The number of nitrogens with zero attached hydrogens (tertiary/aromatic N) is 1. The molecule has 2 rings (SSSR count). The van der Waals surface area contributed by atoms with Crippen LogP contribution in [0.5, 0.6) is 0 Å². The summed E-state index contributed by atoms with van der Waals surface area (Å²) in [5, 5.41) is 9.90. The van der Waals surface area contributed by atoms with Crippen molar-refractivity contribution in [2.24, 2.45) is 0 Å². The van der Waals surface area contributed by atoms with E-state index in [-0.39, 0.29) is 23.6 Å². The highest BCUT2D eigenvalue weighted by Crippen LogP contribution is 2.23. The fourth-order valence-electron chi connectivity index (χ4n) is 2.70. The van der Waals surface area contributed by atoms with Crippen molar-refractivity contribution in [2.75, 3.05) is 18.8 Å². The van der Waals surface area contributed by atoms with E-state index in [2.05, 4.69) is 0 Å². The smallest absolute Gasteiger partial charge is 0.382 e. The molecule has 0 radical (unpaired) electrons. The Hall–Kier alpha value is -2.17. The van der Waals surface area contributed by atoms with Gasteiger partial charge in [-0.1, -0.05) is 30.7 Å². The van der Waals surface area contributed by atoms with Crippen LogP contribution in [0.2, 0.25) is 5.02 Å². The molecule has 2 aromatic rings. The van der Waals surface area contributed by atoms with Gasteiger partial charge in [-0.3, -0.25) is 4.79 Å². The number of amides is 1. The first-order valence-corrected chi connectivity index (χ1v) is 11.2. The zero-order valence-corrected chi connectivity index (χ0v) is 17.9. The minimum Gasteiger partial charge on any atom is -0.382 e. The molecule has 0 bridgehead atoms. The molecule has 0 aromatic heterocycles. The van der Waals surface area contributed by atoms with Crippen LogP contribution in [0.3, 0.4) is 0 Å². The van der Waals surface area contributed by atoms with Gasteiger partial charge in [0.1, 0.15) is 5.82 Å². The van der Waals surface area contributed by atoms with Gasteiger partial charge in [-0.05, 0) is 42.3 Å². The lowest BCUT2D eigenvalue weighted by molar-refractivity contribution is -0.206. The molecule has 1 unspecified atom stereocenters. The van der Waals surface area contributed by atoms with Crippen LogP contribution in [0.15, 0.2) is 47.4 Å². The van der Waals surface area contributed by atoms with Gasteiger partial charge in [-0.15, -0.1) is 0 Å². The summed E-state index contributed by atoms with van der Waals surface area (Å²) in [5.41, 5.74) is -0.0495. The summed E-state index contributed by atoms with van der Waals surface area (Å²) in [6.07, 6.45) is -7.75. The highest BCUT2D eigenvalue weighted by atomic mass is 35.5. The van der Waals surface area contributed by atoms with Crippen LogP contribution < -0.4 is 0 Å². The van der Waals surface area contributed by atoms with Crippen molar-refractivity contribution in [2.45, 2.75) is 30.5 Å². The number of carbonyl (C=O) groups is 1. The van der Waals surface area contributed by atoms with E-state index < -0.39 is 46.0 Å². The topological polar surface area (TPSA) is 74.7 Å². The van der Waals surface area contributed by atoms with E-state index in [0.29, 0.717) is 15.5 Å². The predicted octanol–water partition coefficient (Wildman–Crippen LogP) is 3.88. The number of alkyl halides is 3. The lowest BCUT2D eigenvalue weighted by Crippen LogP contribution is -2.44. The van der Waals surface area contributed by atoms with Crippen molar-refractivity contribution in [1.29, 1.82) is 0 Å². The van der Waals surface area contributed by atoms with E-state index in [1.54, 1.807) is 24.3 Å². The summed E-state index contributed by atoms with van der Waals surface area (Å²) in [5.74, 6) is -2.56. The summed E-state index contributed by atoms with van der Waals surface area (Å²) < 4.78 is 77.0. The van der Waals surface area contributed by atoms with Gasteiger partial charge >= 0.3 is 6.18 Å². The van der Waals surface area contributed by atoms with E-state index in [4.69, 9.17) is 11.6 Å². The first-order chi connectivity index (χ1) is 14.3. The monoisotopic (exact) mass is 481 g/mol. The van der Waals surface area contributed by atoms with Crippen LogP contribution in [-0.4, -0.2) is 55.5 Å². The minimum atomic E-state index is -5.00. The standard InChI is InChI=1S/C20H20ClF4NO4S/c1-2-31(29,30)15-7-8-17(22)16(11-15)19(28)26(12-18(27)20(23,24)25)10-9-13-3-5-14(21)6-4-13/h3-8,11,18,27H,2,9-10,12H2,1H3. The highest BCUT2D eigenvalue weighted by molar-refractivity contribution is 7.91. The molecule has 5 nitrogen and oxygen atoms in total. The molecule has 2 aromatic carbocycles. The van der Waals surface area contributed by atoms with Crippen LogP contribution >= 0.6 is 11.6 Å². The Bertz CT molecular complexity index is 1030. The zero-order valence-electron chi connectivity index (χ0n) is 16.4. The average Bonchev–Trinajstić information content (AvgIpc) is 2.71. The number of halogens is 5. The first kappa shape index (κ1) is 25.1. The van der Waals surface area contributed by atoms with E-state index in [0.717, 1.165) is 18.2 Å². The molecule has 0 saturated heterocycles. The van der Waals surface area contributed by atoms with Gasteiger partial charge in [0.05, 0.1) is 22.8 Å². The number of benzene rings is 2. The second kappa shape index (κ2) is 9.97. The summed E-state index contributed by atoms with van der Waals surface area (Å²) in [6.45, 7) is -0.0593. The fourth-order valence-corrected chi connectivity index (χ4v) is 3.73. The number of aliphatic hydroxyl groups excluding tert-OH is 1. The Morgan fingerprint density at radius 1 is 1.16 bits per heavy atom. The minimum absolute atomic E-state index is 0.0993. The molecule has 0 spiro atoms. The number of hydrogen-bond donors (Lipinski definition) is 1. The molecule has 1 amide bonds. The summed E-state index contributed by atoms with van der Waals surface area (Å²) >= 11 is 5.79. The predicted molar refractivity (Wildman–Crippen MR) is 107 cm³/mol. The van der Waals surface area contributed by atoms with Gasteiger partial charge in [-0.2, -0.15) is 13.2 Å². The van der Waals surface area contributed by atoms with E-state index in [1.165, 1.54) is 6.92 Å². The number of sulfone groups is 1. The van der Waals surface area contributed by atoms with Gasteiger partial charge in [0, 0.05) is 11.6 Å². The summed E-state index contributed by atoms with van der Waals surface area (Å²) in [7, 11) is -3.78. The maximum Gasteiger partial charge on any atom is 0.416 e. The SMILES string of the molecule is CCS(=O)(=O)c1ccc(F)c(C(=O)N(CCc2ccc(Cl)cc2)CC(O)C(F)(F)F)c1. The van der Waals surface area contributed by atoms with Crippen molar-refractivity contribution in [1.82, 2.24) is 4.90 Å². The molecule has 0 heterocycles. The molecule has 1 N–H and O–H groups in total. The Morgan fingerprint density at radius 2 is 1.77 bits per heavy atom. The Morgan fingerprint density at radius 3 is 2.32 bits per heavy atom. The zero-order chi connectivity index (χ0) is 23.4. The molecular formula is C20H20ClF4NO4S. The van der Waals surface area contributed by atoms with Gasteiger partial charge < -0.3 is 10.0 Å². The molecule has 31 heavy (non-hydrogen) atoms. The normalized spacial score (nSPS) is 13.1. The number of carbonyl (C=O) groups excluding carboxylic acids is 1. The van der Waals surface area contributed by atoms with E-state index in [9.17, 15) is 35.9 Å². The van der Waals surface area contributed by atoms with Crippen molar-refractivity contribution < 1.29 is 35.9 Å². The number of hydrogen-bond acceptors (Lipinski definition) is 4. The van der Waals surface area contributed by atoms with Crippen molar-refractivity contribution in [3.05, 3.63) is 64.4 Å². The van der Waals surface area contributed by atoms with Gasteiger partial charge in [0.15, 0.2) is 15.9 Å². The maximum atomic E-state index is 14.3. The molecule has 0 aliphatic carbocycles. The third-order valence-electron chi connectivity index (χ3n) is 4.55. The second-order valence-electron chi connectivity index (χ2n) is 6.73. The molecular weight excluding hydrogens is 462 g/mol. The summed E-state index contributed by atoms with van der Waals surface area (Å²) in [4.78, 5) is 13.2. The van der Waals surface area contributed by atoms with Crippen molar-refractivity contribution in [3.63, 3.8) is 0 Å². The molecule has 0 aliphatic rings. The summed E-state index contributed by atoms with van der Waals surface area (Å²) in [6, 6.07) is 8.89. The number of rotatable bonds is 8. The van der Waals surface area contributed by atoms with Gasteiger partial charge in [-0.25, -0.2) is 12.8 Å². The molecule has 170 valence electrons. The first-order valence-electron chi connectivity index (χ1n) is 9.16. The quantitative estimate of drug-likeness (QED) is 0.458. The molecule has 11 heteroatoms. The average molecular weight is 482 g/mol. The third kappa shape index (κ3) is 6.65. The maximum absolute atomic E-state index is 14.3. The third-order valence-corrected chi connectivity index (χ3v) is 6.53. The molecule has 1 atom stereocenters. The lowest BCUT2D eigenvalue weighted by atomic mass is 10.1. The van der Waals surface area contributed by atoms with E-state index >= 15 is 0 Å². The fraction of sp³-hybridized carbons (Fsp3) is 0.350.